The number of benzene rings is 1. The Labute approximate surface area is 130 Å². The van der Waals surface area contributed by atoms with Gasteiger partial charge in [-0.2, -0.15) is 0 Å². The molecule has 0 aliphatic carbocycles. The second-order valence-electron chi connectivity index (χ2n) is 4.08. The summed E-state index contributed by atoms with van der Waals surface area (Å²) in [6.07, 6.45) is 1.65. The smallest absolute Gasteiger partial charge is 0.219 e. The molecule has 0 spiro atoms. The molecule has 0 aliphatic heterocycles. The highest BCUT2D eigenvalue weighted by Gasteiger charge is 2.09. The van der Waals surface area contributed by atoms with Gasteiger partial charge in [0.1, 0.15) is 11.6 Å². The summed E-state index contributed by atoms with van der Waals surface area (Å²) < 4.78 is 19.6. The van der Waals surface area contributed by atoms with E-state index >= 15 is 0 Å². The Hall–Kier alpha value is -1.17. The predicted molar refractivity (Wildman–Crippen MR) is 80.8 cm³/mol. The zero-order valence-electron chi connectivity index (χ0n) is 10.8. The lowest BCUT2D eigenvalue weighted by atomic mass is 10.2. The van der Waals surface area contributed by atoms with Crippen LogP contribution in [-0.2, 0) is 6.54 Å². The fourth-order valence-corrected chi connectivity index (χ4v) is 2.30. The lowest BCUT2D eigenvalue weighted by Crippen LogP contribution is -2.11. The molecule has 2 aromatic rings. The molecule has 1 aromatic carbocycles. The Kier molecular flexibility index (Phi) is 5.34. The second kappa shape index (κ2) is 7.02. The summed E-state index contributed by atoms with van der Waals surface area (Å²) >= 11 is 8.97. The number of hydrogen-bond donors (Lipinski definition) is 1. The van der Waals surface area contributed by atoms with Gasteiger partial charge in [-0.05, 0) is 40.2 Å². The Morgan fingerprint density at radius 1 is 1.40 bits per heavy atom. The topological polar surface area (TPSA) is 34.2 Å². The van der Waals surface area contributed by atoms with Crippen LogP contribution < -0.4 is 10.1 Å². The van der Waals surface area contributed by atoms with Gasteiger partial charge in [-0.15, -0.1) is 0 Å². The van der Waals surface area contributed by atoms with E-state index in [1.807, 2.05) is 19.1 Å². The molecule has 0 saturated carbocycles. The molecule has 20 heavy (non-hydrogen) atoms. The highest BCUT2D eigenvalue weighted by molar-refractivity contribution is 9.10. The van der Waals surface area contributed by atoms with Gasteiger partial charge >= 0.3 is 0 Å². The number of ether oxygens (including phenoxy) is 1. The van der Waals surface area contributed by atoms with E-state index in [1.54, 1.807) is 6.20 Å². The fraction of sp³-hybridized carbons (Fsp3) is 0.214. The zero-order chi connectivity index (χ0) is 14.5. The largest absolute Gasteiger partial charge is 0.438 e. The molecule has 2 rings (SSSR count). The lowest BCUT2D eigenvalue weighted by molar-refractivity contribution is 0.454. The van der Waals surface area contributed by atoms with Gasteiger partial charge < -0.3 is 10.1 Å². The van der Waals surface area contributed by atoms with Crippen LogP contribution in [0.1, 0.15) is 12.5 Å². The maximum absolute atomic E-state index is 13.4. The molecular formula is C14H13BrClFN2O. The third kappa shape index (κ3) is 3.91. The van der Waals surface area contributed by atoms with E-state index in [2.05, 4.69) is 26.2 Å². The van der Waals surface area contributed by atoms with Gasteiger partial charge in [0.15, 0.2) is 0 Å². The molecule has 0 bridgehead atoms. The van der Waals surface area contributed by atoms with Crippen molar-refractivity contribution in [2.24, 2.45) is 0 Å². The van der Waals surface area contributed by atoms with Crippen molar-refractivity contribution in [1.29, 1.82) is 0 Å². The molecule has 1 aromatic heterocycles. The lowest BCUT2D eigenvalue weighted by Gasteiger charge is -2.09. The van der Waals surface area contributed by atoms with Crippen LogP contribution in [0.4, 0.5) is 4.39 Å². The quantitative estimate of drug-likeness (QED) is 0.796. The zero-order valence-corrected chi connectivity index (χ0v) is 13.1. The number of halogens is 3. The van der Waals surface area contributed by atoms with Gasteiger partial charge in [0.05, 0.1) is 9.50 Å². The summed E-state index contributed by atoms with van der Waals surface area (Å²) in [6, 6.07) is 6.38. The van der Waals surface area contributed by atoms with Gasteiger partial charge in [-0.3, -0.25) is 0 Å². The van der Waals surface area contributed by atoms with Gasteiger partial charge in [0, 0.05) is 24.9 Å². The van der Waals surface area contributed by atoms with E-state index in [0.717, 1.165) is 18.7 Å². The minimum absolute atomic E-state index is 0.0399. The molecular weight excluding hydrogens is 347 g/mol. The van der Waals surface area contributed by atoms with E-state index < -0.39 is 5.82 Å². The Morgan fingerprint density at radius 3 is 2.95 bits per heavy atom. The molecule has 1 heterocycles. The van der Waals surface area contributed by atoms with Crippen molar-refractivity contribution >= 4 is 27.5 Å². The van der Waals surface area contributed by atoms with Crippen LogP contribution >= 0.6 is 27.5 Å². The molecule has 6 heteroatoms. The molecule has 3 nitrogen and oxygen atoms in total. The molecule has 0 unspecified atom stereocenters. The molecule has 0 fully saturated rings. The minimum Gasteiger partial charge on any atom is -0.438 e. The summed E-state index contributed by atoms with van der Waals surface area (Å²) in [4.78, 5) is 4.11. The van der Waals surface area contributed by atoms with Gasteiger partial charge in [0.2, 0.25) is 5.88 Å². The van der Waals surface area contributed by atoms with E-state index in [-0.39, 0.29) is 5.02 Å². The van der Waals surface area contributed by atoms with Crippen molar-refractivity contribution in [3.63, 3.8) is 0 Å². The van der Waals surface area contributed by atoms with E-state index in [1.165, 1.54) is 12.1 Å². The average molecular weight is 360 g/mol. The van der Waals surface area contributed by atoms with Crippen LogP contribution in [0.25, 0.3) is 0 Å². The van der Waals surface area contributed by atoms with Gasteiger partial charge in [-0.1, -0.05) is 18.5 Å². The predicted octanol–water partition coefficient (Wildman–Crippen LogP) is 4.54. The molecule has 0 atom stereocenters. The standard InChI is InChI=1S/C14H13BrClFN2O/c1-2-18-8-9-3-4-19-14(5-9)20-13-7-12(17)11(16)6-10(13)15/h3-7,18H,2,8H2,1H3. The molecule has 0 radical (unpaired) electrons. The van der Waals surface area contributed by atoms with Crippen molar-refractivity contribution < 1.29 is 9.13 Å². The van der Waals surface area contributed by atoms with Crippen LogP contribution in [0.3, 0.4) is 0 Å². The maximum atomic E-state index is 13.4. The van der Waals surface area contributed by atoms with Crippen LogP contribution in [0.5, 0.6) is 11.6 Å². The third-order valence-corrected chi connectivity index (χ3v) is 3.48. The normalized spacial score (nSPS) is 10.6. The first-order valence-corrected chi connectivity index (χ1v) is 7.25. The number of rotatable bonds is 5. The SMILES string of the molecule is CCNCc1ccnc(Oc2cc(F)c(Cl)cc2Br)c1. The number of aromatic nitrogens is 1. The average Bonchev–Trinajstić information content (AvgIpc) is 2.43. The van der Waals surface area contributed by atoms with E-state index in [0.29, 0.717) is 16.1 Å². The number of pyridine rings is 1. The number of nitrogens with one attached hydrogen (secondary N) is 1. The highest BCUT2D eigenvalue weighted by atomic mass is 79.9. The van der Waals surface area contributed by atoms with Crippen molar-refractivity contribution in [2.45, 2.75) is 13.5 Å². The van der Waals surface area contributed by atoms with Gasteiger partial charge in [-0.25, -0.2) is 9.37 Å². The monoisotopic (exact) mass is 358 g/mol. The van der Waals surface area contributed by atoms with Crippen LogP contribution in [0.15, 0.2) is 34.9 Å². The summed E-state index contributed by atoms with van der Waals surface area (Å²) in [5.74, 6) is 0.205. The summed E-state index contributed by atoms with van der Waals surface area (Å²) in [6.45, 7) is 3.64. The second-order valence-corrected chi connectivity index (χ2v) is 5.34. The van der Waals surface area contributed by atoms with E-state index in [4.69, 9.17) is 16.3 Å². The van der Waals surface area contributed by atoms with Gasteiger partial charge in [0.25, 0.3) is 0 Å². The summed E-state index contributed by atoms with van der Waals surface area (Å²) in [5.41, 5.74) is 1.04. The number of nitrogens with zero attached hydrogens (tertiary/aromatic N) is 1. The molecule has 0 amide bonds. The van der Waals surface area contributed by atoms with Crippen LogP contribution in [-0.4, -0.2) is 11.5 Å². The molecule has 106 valence electrons. The van der Waals surface area contributed by atoms with Crippen molar-refractivity contribution in [3.05, 3.63) is 51.3 Å². The fourth-order valence-electron chi connectivity index (χ4n) is 1.58. The Bertz CT molecular complexity index is 610. The molecule has 0 aliphatic rings. The van der Waals surface area contributed by atoms with Crippen molar-refractivity contribution in [3.8, 4) is 11.6 Å². The highest BCUT2D eigenvalue weighted by Crippen LogP contribution is 2.33. The first-order chi connectivity index (χ1) is 9.60. The Balaban J connectivity index is 2.19. The summed E-state index contributed by atoms with van der Waals surface area (Å²) in [7, 11) is 0. The first kappa shape index (κ1) is 15.2. The maximum Gasteiger partial charge on any atom is 0.219 e. The third-order valence-electron chi connectivity index (χ3n) is 2.57. The van der Waals surface area contributed by atoms with E-state index in [9.17, 15) is 4.39 Å². The van der Waals surface area contributed by atoms with Crippen LogP contribution in [0, 0.1) is 5.82 Å². The van der Waals surface area contributed by atoms with Crippen molar-refractivity contribution in [1.82, 2.24) is 10.3 Å². The number of hydrogen-bond acceptors (Lipinski definition) is 3. The van der Waals surface area contributed by atoms with Crippen LogP contribution in [0.2, 0.25) is 5.02 Å². The Morgan fingerprint density at radius 2 is 2.20 bits per heavy atom. The first-order valence-electron chi connectivity index (χ1n) is 6.08. The molecule has 1 N–H and O–H groups in total. The van der Waals surface area contributed by atoms with Crippen molar-refractivity contribution in [2.75, 3.05) is 6.54 Å². The molecule has 0 saturated heterocycles. The summed E-state index contributed by atoms with van der Waals surface area (Å²) in [5, 5.41) is 3.25. The minimum atomic E-state index is -0.534.